The van der Waals surface area contributed by atoms with Crippen molar-refractivity contribution in [3.8, 4) is 0 Å². The quantitative estimate of drug-likeness (QED) is 0.616. The predicted molar refractivity (Wildman–Crippen MR) is 80.4 cm³/mol. The smallest absolute Gasteiger partial charge is 0.274 e. The number of rotatable bonds is 5. The highest BCUT2D eigenvalue weighted by Gasteiger charge is 2.35. The molecule has 0 spiro atoms. The summed E-state index contributed by atoms with van der Waals surface area (Å²) in [5.41, 5.74) is 0.949. The second kappa shape index (κ2) is 6.27. The number of carbonyl (C=O) groups is 3. The van der Waals surface area contributed by atoms with E-state index in [1.165, 1.54) is 37.3 Å². The molecule has 1 heterocycles. The lowest BCUT2D eigenvalue weighted by Gasteiger charge is -2.14. The topological polar surface area (TPSA) is 66.9 Å². The first-order valence-corrected chi connectivity index (χ1v) is 7.19. The number of amides is 3. The van der Waals surface area contributed by atoms with Gasteiger partial charge >= 0.3 is 0 Å². The summed E-state index contributed by atoms with van der Waals surface area (Å²) in [5.74, 6) is -0.599. The van der Waals surface area contributed by atoms with Crippen LogP contribution in [0.3, 0.4) is 0 Å². The highest BCUT2D eigenvalue weighted by atomic mass is 16.7. The van der Waals surface area contributed by atoms with Gasteiger partial charge in [-0.15, -0.1) is 0 Å². The van der Waals surface area contributed by atoms with Gasteiger partial charge in [-0.1, -0.05) is 13.8 Å². The molecule has 1 aliphatic heterocycles. The van der Waals surface area contributed by atoms with Crippen LogP contribution in [-0.2, 0) is 4.84 Å². The van der Waals surface area contributed by atoms with Gasteiger partial charge in [0.15, 0.2) is 0 Å². The fourth-order valence-corrected chi connectivity index (χ4v) is 2.28. The summed E-state index contributed by atoms with van der Waals surface area (Å²) in [6.45, 7) is 4.47. The number of hydroxylamine groups is 2. The molecule has 1 aromatic rings. The van der Waals surface area contributed by atoms with Crippen LogP contribution in [0.15, 0.2) is 18.2 Å². The van der Waals surface area contributed by atoms with Crippen molar-refractivity contribution in [2.24, 2.45) is 5.92 Å². The molecule has 0 unspecified atom stereocenters. The van der Waals surface area contributed by atoms with Gasteiger partial charge in [0.2, 0.25) is 0 Å². The van der Waals surface area contributed by atoms with Gasteiger partial charge in [0.1, 0.15) is 0 Å². The van der Waals surface area contributed by atoms with Gasteiger partial charge in [-0.05, 0) is 30.5 Å². The number of nitrogens with zero attached hydrogens (tertiary/aromatic N) is 2. The summed E-state index contributed by atoms with van der Waals surface area (Å²) in [4.78, 5) is 42.8. The summed E-state index contributed by atoms with van der Waals surface area (Å²) >= 11 is 0. The van der Waals surface area contributed by atoms with Crippen molar-refractivity contribution in [1.29, 1.82) is 0 Å². The molecule has 1 aliphatic rings. The van der Waals surface area contributed by atoms with Crippen LogP contribution in [0.2, 0.25) is 0 Å². The molecular weight excluding hydrogens is 284 g/mol. The van der Waals surface area contributed by atoms with Gasteiger partial charge in [-0.2, -0.15) is 0 Å². The third-order valence-corrected chi connectivity index (χ3v) is 3.71. The monoisotopic (exact) mass is 304 g/mol. The zero-order chi connectivity index (χ0) is 16.4. The Balaban J connectivity index is 2.28. The number of hydrogen-bond donors (Lipinski definition) is 0. The molecule has 2 rings (SSSR count). The SMILES string of the molecule is CON(C)C(=O)c1ccc2c(c1)C(=O)N(CCC(C)C)C2=O. The van der Waals surface area contributed by atoms with Crippen LogP contribution < -0.4 is 0 Å². The highest BCUT2D eigenvalue weighted by Crippen LogP contribution is 2.25. The van der Waals surface area contributed by atoms with Gasteiger partial charge in [0.05, 0.1) is 18.2 Å². The largest absolute Gasteiger partial charge is 0.277 e. The van der Waals surface area contributed by atoms with Gasteiger partial charge in [0, 0.05) is 19.2 Å². The lowest BCUT2D eigenvalue weighted by atomic mass is 10.1. The van der Waals surface area contributed by atoms with E-state index in [0.717, 1.165) is 11.5 Å². The summed E-state index contributed by atoms with van der Waals surface area (Å²) < 4.78 is 0. The molecule has 1 aromatic carbocycles. The van der Waals surface area contributed by atoms with E-state index in [1.54, 1.807) is 0 Å². The molecule has 0 saturated heterocycles. The fourth-order valence-electron chi connectivity index (χ4n) is 2.28. The molecule has 0 aromatic heterocycles. The van der Waals surface area contributed by atoms with Crippen molar-refractivity contribution in [3.63, 3.8) is 0 Å². The van der Waals surface area contributed by atoms with Crippen LogP contribution in [0.5, 0.6) is 0 Å². The molecule has 0 saturated carbocycles. The molecule has 118 valence electrons. The standard InChI is InChI=1S/C16H20N2O4/c1-10(2)7-8-18-15(20)12-6-5-11(9-13(12)16(18)21)14(19)17(3)22-4/h5-6,9-10H,7-8H2,1-4H3. The van der Waals surface area contributed by atoms with Crippen molar-refractivity contribution in [1.82, 2.24) is 9.96 Å². The lowest BCUT2D eigenvalue weighted by Crippen LogP contribution is -2.31. The normalized spacial score (nSPS) is 13.8. The van der Waals surface area contributed by atoms with Gasteiger partial charge < -0.3 is 0 Å². The zero-order valence-corrected chi connectivity index (χ0v) is 13.3. The number of imide groups is 1. The fraction of sp³-hybridized carbons (Fsp3) is 0.438. The minimum absolute atomic E-state index is 0.282. The van der Waals surface area contributed by atoms with E-state index >= 15 is 0 Å². The second-order valence-corrected chi connectivity index (χ2v) is 5.69. The van der Waals surface area contributed by atoms with Crippen LogP contribution in [0.25, 0.3) is 0 Å². The molecule has 0 atom stereocenters. The number of carbonyl (C=O) groups excluding carboxylic acids is 3. The Bertz CT molecular complexity index is 625. The van der Waals surface area contributed by atoms with Gasteiger partial charge in [0.25, 0.3) is 17.7 Å². The minimum Gasteiger partial charge on any atom is -0.274 e. The number of hydrogen-bond acceptors (Lipinski definition) is 4. The number of benzene rings is 1. The van der Waals surface area contributed by atoms with Crippen LogP contribution >= 0.6 is 0 Å². The van der Waals surface area contributed by atoms with E-state index in [2.05, 4.69) is 0 Å². The van der Waals surface area contributed by atoms with E-state index < -0.39 is 0 Å². The molecule has 0 bridgehead atoms. The van der Waals surface area contributed by atoms with E-state index in [9.17, 15) is 14.4 Å². The summed E-state index contributed by atoms with van der Waals surface area (Å²) in [6.07, 6.45) is 0.754. The number of fused-ring (bicyclic) bond motifs is 1. The van der Waals surface area contributed by atoms with Crippen LogP contribution in [0, 0.1) is 5.92 Å². The Kier molecular flexibility index (Phi) is 4.61. The molecule has 0 radical (unpaired) electrons. The van der Waals surface area contributed by atoms with Crippen LogP contribution in [0.4, 0.5) is 0 Å². The van der Waals surface area contributed by atoms with Crippen LogP contribution in [-0.4, -0.2) is 48.4 Å². The molecule has 0 aliphatic carbocycles. The van der Waals surface area contributed by atoms with Gasteiger partial charge in [-0.25, -0.2) is 5.06 Å². The van der Waals surface area contributed by atoms with Crippen molar-refractivity contribution >= 4 is 17.7 Å². The van der Waals surface area contributed by atoms with Crippen LogP contribution in [0.1, 0.15) is 51.3 Å². The molecule has 6 heteroatoms. The van der Waals surface area contributed by atoms with E-state index in [0.29, 0.717) is 23.6 Å². The summed E-state index contributed by atoms with van der Waals surface area (Å²) in [6, 6.07) is 4.53. The Labute approximate surface area is 129 Å². The average molecular weight is 304 g/mol. The minimum atomic E-state index is -0.369. The average Bonchev–Trinajstić information content (AvgIpc) is 2.74. The van der Waals surface area contributed by atoms with Crippen molar-refractivity contribution in [3.05, 3.63) is 34.9 Å². The van der Waals surface area contributed by atoms with Crippen molar-refractivity contribution in [2.75, 3.05) is 20.7 Å². The molecule has 6 nitrogen and oxygen atoms in total. The molecule has 0 fully saturated rings. The summed E-state index contributed by atoms with van der Waals surface area (Å²) in [5, 5.41) is 1.07. The Hall–Kier alpha value is -2.21. The predicted octanol–water partition coefficient (Wildman–Crippen LogP) is 1.96. The Morgan fingerprint density at radius 1 is 1.23 bits per heavy atom. The van der Waals surface area contributed by atoms with Gasteiger partial charge in [-0.3, -0.25) is 24.1 Å². The van der Waals surface area contributed by atoms with E-state index in [1.807, 2.05) is 13.8 Å². The molecule has 3 amide bonds. The Morgan fingerprint density at radius 3 is 2.45 bits per heavy atom. The second-order valence-electron chi connectivity index (χ2n) is 5.69. The third-order valence-electron chi connectivity index (χ3n) is 3.71. The first-order valence-electron chi connectivity index (χ1n) is 7.19. The highest BCUT2D eigenvalue weighted by molar-refractivity contribution is 6.22. The first-order chi connectivity index (χ1) is 10.4. The molecular formula is C16H20N2O4. The van der Waals surface area contributed by atoms with E-state index in [-0.39, 0.29) is 23.3 Å². The van der Waals surface area contributed by atoms with E-state index in [4.69, 9.17) is 4.84 Å². The molecule has 0 N–H and O–H groups in total. The maximum atomic E-state index is 12.4. The summed E-state index contributed by atoms with van der Waals surface area (Å²) in [7, 11) is 2.87. The van der Waals surface area contributed by atoms with Crippen molar-refractivity contribution < 1.29 is 19.2 Å². The maximum Gasteiger partial charge on any atom is 0.277 e. The lowest BCUT2D eigenvalue weighted by molar-refractivity contribution is -0.0757. The first kappa shape index (κ1) is 16.2. The van der Waals surface area contributed by atoms with Crippen molar-refractivity contribution in [2.45, 2.75) is 20.3 Å². The third kappa shape index (κ3) is 2.87. The zero-order valence-electron chi connectivity index (χ0n) is 13.3. The Morgan fingerprint density at radius 2 is 1.86 bits per heavy atom. The molecule has 22 heavy (non-hydrogen) atoms. The maximum absolute atomic E-state index is 12.4.